The van der Waals surface area contributed by atoms with E-state index >= 15 is 0 Å². The molecule has 0 aliphatic rings. The molecule has 0 fully saturated rings. The van der Waals surface area contributed by atoms with Gasteiger partial charge in [0.1, 0.15) is 0 Å². The first-order chi connectivity index (χ1) is 9.72. The normalized spacial score (nSPS) is 10.5. The number of thiophene rings is 1. The highest BCUT2D eigenvalue weighted by Crippen LogP contribution is 2.24. The van der Waals surface area contributed by atoms with Gasteiger partial charge in [0.05, 0.1) is 25.8 Å². The van der Waals surface area contributed by atoms with Crippen LogP contribution in [-0.4, -0.2) is 24.6 Å². The Bertz CT molecular complexity index is 537. The Kier molecular flexibility index (Phi) is 5.55. The molecule has 2 heterocycles. The van der Waals surface area contributed by atoms with E-state index in [9.17, 15) is 4.79 Å². The molecule has 0 aromatic carbocycles. The zero-order valence-corrected chi connectivity index (χ0v) is 13.3. The summed E-state index contributed by atoms with van der Waals surface area (Å²) in [6, 6.07) is 4.20. The minimum atomic E-state index is -0.189. The number of hydrogen-bond acceptors (Lipinski definition) is 6. The number of anilines is 1. The second-order valence-corrected chi connectivity index (χ2v) is 6.16. The summed E-state index contributed by atoms with van der Waals surface area (Å²) in [6.45, 7) is 3.93. The van der Waals surface area contributed by atoms with E-state index in [1.54, 1.807) is 22.7 Å². The number of methoxy groups -OCH3 is 1. The van der Waals surface area contributed by atoms with Crippen molar-refractivity contribution in [2.45, 2.75) is 26.3 Å². The fraction of sp³-hybridized carbons (Fsp3) is 0.429. The van der Waals surface area contributed by atoms with E-state index in [4.69, 9.17) is 0 Å². The van der Waals surface area contributed by atoms with Gasteiger partial charge in [-0.05, 0) is 18.4 Å². The van der Waals surface area contributed by atoms with Gasteiger partial charge in [0.25, 0.3) is 0 Å². The van der Waals surface area contributed by atoms with Crippen molar-refractivity contribution in [1.29, 1.82) is 0 Å². The van der Waals surface area contributed by atoms with E-state index < -0.39 is 0 Å². The summed E-state index contributed by atoms with van der Waals surface area (Å²) in [4.78, 5) is 19.3. The molecular weight excluding hydrogens is 292 g/mol. The maximum absolute atomic E-state index is 11.1. The second-order valence-electron chi connectivity index (χ2n) is 4.29. The van der Waals surface area contributed by atoms with E-state index in [0.29, 0.717) is 12.8 Å². The van der Waals surface area contributed by atoms with Crippen molar-refractivity contribution >= 4 is 33.8 Å². The summed E-state index contributed by atoms with van der Waals surface area (Å²) in [5.74, 6) is -0.189. The lowest BCUT2D eigenvalue weighted by molar-refractivity contribution is -0.140. The maximum Gasteiger partial charge on any atom is 0.305 e. The third-order valence-corrected chi connectivity index (χ3v) is 4.74. The number of aryl methyl sites for hydroxylation is 1. The predicted octanol–water partition coefficient (Wildman–Crippen LogP) is 3.34. The number of carbonyl (C=O) groups is 1. The number of thiazole rings is 1. The molecule has 0 radical (unpaired) electrons. The van der Waals surface area contributed by atoms with Crippen molar-refractivity contribution in [1.82, 2.24) is 4.98 Å². The van der Waals surface area contributed by atoms with E-state index in [1.807, 2.05) is 5.38 Å². The summed E-state index contributed by atoms with van der Waals surface area (Å²) >= 11 is 3.39. The van der Waals surface area contributed by atoms with E-state index in [2.05, 4.69) is 39.1 Å². The predicted molar refractivity (Wildman–Crippen MR) is 83.5 cm³/mol. The molecule has 4 nitrogen and oxygen atoms in total. The number of rotatable bonds is 7. The standard InChI is InChI=1S/C14H18N2O2S2/c1-3-16(9-12-5-4-8-19-12)14-15-11(10-20-14)6-7-13(17)18-2/h4-5,8,10H,3,6-7,9H2,1-2H3. The Hall–Kier alpha value is -1.40. The maximum atomic E-state index is 11.1. The topological polar surface area (TPSA) is 42.4 Å². The van der Waals surface area contributed by atoms with Gasteiger partial charge in [-0.2, -0.15) is 0 Å². The van der Waals surface area contributed by atoms with Crippen molar-refractivity contribution in [3.05, 3.63) is 33.5 Å². The van der Waals surface area contributed by atoms with Gasteiger partial charge >= 0.3 is 5.97 Å². The van der Waals surface area contributed by atoms with Crippen LogP contribution in [0.5, 0.6) is 0 Å². The number of ether oxygens (including phenoxy) is 1. The first-order valence-electron chi connectivity index (χ1n) is 6.51. The Balaban J connectivity index is 1.97. The van der Waals surface area contributed by atoms with Crippen molar-refractivity contribution in [3.63, 3.8) is 0 Å². The van der Waals surface area contributed by atoms with E-state index in [-0.39, 0.29) is 5.97 Å². The number of hydrogen-bond donors (Lipinski definition) is 0. The van der Waals surface area contributed by atoms with E-state index in [0.717, 1.165) is 23.9 Å². The summed E-state index contributed by atoms with van der Waals surface area (Å²) in [5.41, 5.74) is 0.958. The third kappa shape index (κ3) is 4.05. The molecule has 6 heteroatoms. The first kappa shape index (κ1) is 15.0. The van der Waals surface area contributed by atoms with Gasteiger partial charge in [0, 0.05) is 23.2 Å². The van der Waals surface area contributed by atoms with Crippen LogP contribution in [-0.2, 0) is 22.5 Å². The van der Waals surface area contributed by atoms with Gasteiger partial charge < -0.3 is 9.64 Å². The summed E-state index contributed by atoms with van der Waals surface area (Å²) in [7, 11) is 1.41. The average Bonchev–Trinajstić information content (AvgIpc) is 3.13. The summed E-state index contributed by atoms with van der Waals surface area (Å²) in [6.07, 6.45) is 1.02. The van der Waals surface area contributed by atoms with Crippen LogP contribution in [0.2, 0.25) is 0 Å². The van der Waals surface area contributed by atoms with Crippen LogP contribution < -0.4 is 4.90 Å². The Morgan fingerprint density at radius 2 is 2.30 bits per heavy atom. The lowest BCUT2D eigenvalue weighted by atomic mass is 10.2. The molecule has 20 heavy (non-hydrogen) atoms. The van der Waals surface area contributed by atoms with Gasteiger partial charge in [-0.3, -0.25) is 4.79 Å². The zero-order valence-electron chi connectivity index (χ0n) is 11.7. The zero-order chi connectivity index (χ0) is 14.4. The minimum Gasteiger partial charge on any atom is -0.469 e. The minimum absolute atomic E-state index is 0.189. The number of carbonyl (C=O) groups excluding carboxylic acids is 1. The molecule has 0 saturated carbocycles. The van der Waals surface area contributed by atoms with Crippen LogP contribution in [0.25, 0.3) is 0 Å². The van der Waals surface area contributed by atoms with Gasteiger partial charge in [-0.1, -0.05) is 6.07 Å². The van der Waals surface area contributed by atoms with Crippen LogP contribution in [0.1, 0.15) is 23.9 Å². The van der Waals surface area contributed by atoms with Gasteiger partial charge in [0.2, 0.25) is 0 Å². The van der Waals surface area contributed by atoms with Crippen LogP contribution in [0, 0.1) is 0 Å². The van der Waals surface area contributed by atoms with Crippen LogP contribution >= 0.6 is 22.7 Å². The molecule has 0 saturated heterocycles. The van der Waals surface area contributed by atoms with Gasteiger partial charge in [-0.25, -0.2) is 4.98 Å². The molecule has 0 amide bonds. The molecule has 0 N–H and O–H groups in total. The Labute approximate surface area is 127 Å². The fourth-order valence-corrected chi connectivity index (χ4v) is 3.44. The van der Waals surface area contributed by atoms with Crippen molar-refractivity contribution in [2.24, 2.45) is 0 Å². The van der Waals surface area contributed by atoms with Gasteiger partial charge in [-0.15, -0.1) is 22.7 Å². The third-order valence-electron chi connectivity index (χ3n) is 2.93. The molecule has 0 aliphatic carbocycles. The van der Waals surface area contributed by atoms with Crippen molar-refractivity contribution < 1.29 is 9.53 Å². The van der Waals surface area contributed by atoms with Crippen LogP contribution in [0.4, 0.5) is 5.13 Å². The molecule has 2 rings (SSSR count). The highest BCUT2D eigenvalue weighted by molar-refractivity contribution is 7.13. The number of aromatic nitrogens is 1. The molecule has 108 valence electrons. The largest absolute Gasteiger partial charge is 0.469 e. The second kappa shape index (κ2) is 7.40. The molecule has 0 bridgehead atoms. The van der Waals surface area contributed by atoms with Crippen molar-refractivity contribution in [3.8, 4) is 0 Å². The van der Waals surface area contributed by atoms with Crippen LogP contribution in [0.3, 0.4) is 0 Å². The SMILES string of the molecule is CCN(Cc1cccs1)c1nc(CCC(=O)OC)cs1. The fourth-order valence-electron chi connectivity index (χ4n) is 1.79. The quantitative estimate of drug-likeness (QED) is 0.736. The monoisotopic (exact) mass is 310 g/mol. The Morgan fingerprint density at radius 3 is 2.95 bits per heavy atom. The van der Waals surface area contributed by atoms with Crippen molar-refractivity contribution in [2.75, 3.05) is 18.6 Å². The molecule has 0 aliphatic heterocycles. The molecular formula is C14H18N2O2S2. The average molecular weight is 310 g/mol. The Morgan fingerprint density at radius 1 is 1.45 bits per heavy atom. The molecule has 2 aromatic rings. The smallest absolute Gasteiger partial charge is 0.305 e. The van der Waals surface area contributed by atoms with Crippen LogP contribution in [0.15, 0.2) is 22.9 Å². The summed E-state index contributed by atoms with van der Waals surface area (Å²) < 4.78 is 4.65. The molecule has 0 unspecified atom stereocenters. The number of nitrogens with zero attached hydrogens (tertiary/aromatic N) is 2. The lowest BCUT2D eigenvalue weighted by Gasteiger charge is -2.18. The molecule has 0 spiro atoms. The summed E-state index contributed by atoms with van der Waals surface area (Å²) in [5, 5.41) is 5.13. The van der Waals surface area contributed by atoms with E-state index in [1.165, 1.54) is 12.0 Å². The first-order valence-corrected chi connectivity index (χ1v) is 8.27. The number of esters is 1. The highest BCUT2D eigenvalue weighted by atomic mass is 32.1. The highest BCUT2D eigenvalue weighted by Gasteiger charge is 2.11. The lowest BCUT2D eigenvalue weighted by Crippen LogP contribution is -2.21. The molecule has 0 atom stereocenters. The molecule has 2 aromatic heterocycles. The van der Waals surface area contributed by atoms with Gasteiger partial charge in [0.15, 0.2) is 5.13 Å².